The quantitative estimate of drug-likeness (QED) is 0.886. The van der Waals surface area contributed by atoms with E-state index in [-0.39, 0.29) is 10.5 Å². The van der Waals surface area contributed by atoms with E-state index in [0.29, 0.717) is 5.69 Å². The number of aromatic nitrogens is 1. The van der Waals surface area contributed by atoms with Gasteiger partial charge in [0.15, 0.2) is 0 Å². The van der Waals surface area contributed by atoms with Crippen LogP contribution in [0.15, 0.2) is 44.6 Å². The fourth-order valence-electron chi connectivity index (χ4n) is 1.78. The molecule has 0 aliphatic carbocycles. The highest BCUT2D eigenvalue weighted by Gasteiger charge is 2.15. The molecule has 0 bridgehead atoms. The number of hydrogen-bond donors (Lipinski definition) is 2. The largest absolute Gasteiger partial charge is 0.328 e. The van der Waals surface area contributed by atoms with Crippen LogP contribution < -0.4 is 10.3 Å². The van der Waals surface area contributed by atoms with Crippen molar-refractivity contribution in [1.29, 1.82) is 0 Å². The fraction of sp³-hybridized carbons (Fsp3) is 0.154. The van der Waals surface area contributed by atoms with Crippen molar-refractivity contribution in [2.24, 2.45) is 0 Å². The van der Waals surface area contributed by atoms with Crippen molar-refractivity contribution >= 4 is 31.6 Å². The third kappa shape index (κ3) is 3.10. The molecule has 2 aromatic rings. The number of nitrogens with one attached hydrogen (secondary N) is 2. The smallest absolute Gasteiger partial charge is 0.263 e. The summed E-state index contributed by atoms with van der Waals surface area (Å²) in [6.45, 7) is 3.77. The minimum Gasteiger partial charge on any atom is -0.328 e. The maximum Gasteiger partial charge on any atom is 0.263 e. The van der Waals surface area contributed by atoms with Crippen LogP contribution in [0.1, 0.15) is 11.1 Å². The monoisotopic (exact) mass is 356 g/mol. The lowest BCUT2D eigenvalue weighted by atomic mass is 10.1. The first-order valence-electron chi connectivity index (χ1n) is 5.78. The van der Waals surface area contributed by atoms with Crippen LogP contribution in [0.25, 0.3) is 0 Å². The topological polar surface area (TPSA) is 79.0 Å². The molecule has 1 heterocycles. The molecule has 0 spiro atoms. The lowest BCUT2D eigenvalue weighted by Gasteiger charge is -2.11. The van der Waals surface area contributed by atoms with Crippen molar-refractivity contribution in [3.8, 4) is 0 Å². The zero-order valence-corrected chi connectivity index (χ0v) is 13.3. The van der Waals surface area contributed by atoms with Crippen LogP contribution >= 0.6 is 15.9 Å². The van der Waals surface area contributed by atoms with E-state index in [1.54, 1.807) is 12.1 Å². The van der Waals surface area contributed by atoms with Gasteiger partial charge in [-0.25, -0.2) is 8.42 Å². The number of rotatable bonds is 3. The van der Waals surface area contributed by atoms with Gasteiger partial charge in [0, 0.05) is 22.4 Å². The van der Waals surface area contributed by atoms with Crippen molar-refractivity contribution in [1.82, 2.24) is 4.98 Å². The van der Waals surface area contributed by atoms with Crippen LogP contribution in [-0.4, -0.2) is 13.4 Å². The molecule has 5 nitrogen and oxygen atoms in total. The Hall–Kier alpha value is -1.60. The van der Waals surface area contributed by atoms with E-state index in [1.807, 2.05) is 13.8 Å². The summed E-state index contributed by atoms with van der Waals surface area (Å²) in [5.74, 6) is 0. The van der Waals surface area contributed by atoms with Crippen molar-refractivity contribution in [2.45, 2.75) is 18.7 Å². The first-order valence-corrected chi connectivity index (χ1v) is 8.05. The molecule has 0 amide bonds. The van der Waals surface area contributed by atoms with Gasteiger partial charge in [0.1, 0.15) is 4.90 Å². The molecule has 0 fully saturated rings. The van der Waals surface area contributed by atoms with Gasteiger partial charge in [-0.1, -0.05) is 15.9 Å². The average Bonchev–Trinajstić information content (AvgIpc) is 2.36. The summed E-state index contributed by atoms with van der Waals surface area (Å²) < 4.78 is 27.8. The lowest BCUT2D eigenvalue weighted by molar-refractivity contribution is 0.600. The minimum absolute atomic E-state index is 0.00956. The Morgan fingerprint density at radius 3 is 2.25 bits per heavy atom. The second kappa shape index (κ2) is 5.41. The lowest BCUT2D eigenvalue weighted by Crippen LogP contribution is -2.15. The summed E-state index contributed by atoms with van der Waals surface area (Å²) in [5.41, 5.74) is 2.00. The number of H-pyrrole nitrogens is 1. The molecule has 7 heteroatoms. The van der Waals surface area contributed by atoms with Crippen molar-refractivity contribution in [3.63, 3.8) is 0 Å². The first-order chi connectivity index (χ1) is 9.29. The fourth-order valence-corrected chi connectivity index (χ4v) is 3.02. The summed E-state index contributed by atoms with van der Waals surface area (Å²) >= 11 is 3.43. The number of pyridine rings is 1. The average molecular weight is 357 g/mol. The van der Waals surface area contributed by atoms with Crippen LogP contribution in [0.5, 0.6) is 0 Å². The van der Waals surface area contributed by atoms with Crippen molar-refractivity contribution < 1.29 is 8.42 Å². The zero-order valence-electron chi connectivity index (χ0n) is 10.9. The second-order valence-electron chi connectivity index (χ2n) is 4.42. The predicted octanol–water partition coefficient (Wildman–Crippen LogP) is 2.56. The predicted molar refractivity (Wildman–Crippen MR) is 81.5 cm³/mol. The molecular weight excluding hydrogens is 344 g/mol. The molecule has 1 aromatic heterocycles. The van der Waals surface area contributed by atoms with E-state index < -0.39 is 10.0 Å². The third-order valence-corrected chi connectivity index (χ3v) is 5.38. The van der Waals surface area contributed by atoms with Gasteiger partial charge in [-0.2, -0.15) is 0 Å². The maximum absolute atomic E-state index is 12.2. The number of anilines is 1. The Morgan fingerprint density at radius 2 is 1.75 bits per heavy atom. The molecule has 2 N–H and O–H groups in total. The van der Waals surface area contributed by atoms with Gasteiger partial charge < -0.3 is 4.98 Å². The number of aromatic amines is 1. The Bertz CT molecular complexity index is 769. The first kappa shape index (κ1) is 14.8. The van der Waals surface area contributed by atoms with Gasteiger partial charge >= 0.3 is 0 Å². The SMILES string of the molecule is Cc1cc(NS(=O)(=O)c2ccc(=O)[nH]c2)cc(C)c1Br. The summed E-state index contributed by atoms with van der Waals surface area (Å²) in [6.07, 6.45) is 1.17. The number of hydrogen-bond acceptors (Lipinski definition) is 3. The molecule has 2 rings (SSSR count). The molecule has 106 valence electrons. The number of halogens is 1. The van der Waals surface area contributed by atoms with E-state index in [4.69, 9.17) is 0 Å². The number of aryl methyl sites for hydroxylation is 2. The van der Waals surface area contributed by atoms with Gasteiger partial charge in [-0.15, -0.1) is 0 Å². The van der Waals surface area contributed by atoms with E-state index in [0.717, 1.165) is 15.6 Å². The normalized spacial score (nSPS) is 11.3. The summed E-state index contributed by atoms with van der Waals surface area (Å²) in [7, 11) is -3.71. The van der Waals surface area contributed by atoms with Crippen LogP contribution in [0.2, 0.25) is 0 Å². The van der Waals surface area contributed by atoms with Gasteiger partial charge in [0.25, 0.3) is 10.0 Å². The Morgan fingerprint density at radius 1 is 1.15 bits per heavy atom. The van der Waals surface area contributed by atoms with Crippen LogP contribution in [0.3, 0.4) is 0 Å². The molecule has 0 radical (unpaired) electrons. The van der Waals surface area contributed by atoms with Gasteiger partial charge in [-0.05, 0) is 43.2 Å². The summed E-state index contributed by atoms with van der Waals surface area (Å²) in [6, 6.07) is 5.91. The van der Waals surface area contributed by atoms with Gasteiger partial charge in [0.05, 0.1) is 0 Å². The second-order valence-corrected chi connectivity index (χ2v) is 6.89. The molecule has 0 atom stereocenters. The van der Waals surface area contributed by atoms with Crippen molar-refractivity contribution in [3.05, 3.63) is 56.4 Å². The molecule has 20 heavy (non-hydrogen) atoms. The van der Waals surface area contributed by atoms with E-state index in [2.05, 4.69) is 25.6 Å². The van der Waals surface area contributed by atoms with Gasteiger partial charge in [0.2, 0.25) is 5.56 Å². The number of sulfonamides is 1. The van der Waals surface area contributed by atoms with Gasteiger partial charge in [-0.3, -0.25) is 9.52 Å². The van der Waals surface area contributed by atoms with E-state index >= 15 is 0 Å². The van der Waals surface area contributed by atoms with Crippen molar-refractivity contribution in [2.75, 3.05) is 4.72 Å². The van der Waals surface area contributed by atoms with E-state index in [1.165, 1.54) is 18.3 Å². The Balaban J connectivity index is 2.38. The molecule has 0 aliphatic rings. The minimum atomic E-state index is -3.71. The Labute approximate surface area is 125 Å². The van der Waals surface area contributed by atoms with E-state index in [9.17, 15) is 13.2 Å². The Kier molecular flexibility index (Phi) is 4.01. The molecular formula is C13H13BrN2O3S. The molecule has 0 saturated heterocycles. The number of benzene rings is 1. The zero-order chi connectivity index (χ0) is 14.9. The molecule has 0 saturated carbocycles. The summed E-state index contributed by atoms with van der Waals surface area (Å²) in [5, 5.41) is 0. The van der Waals surface area contributed by atoms with Crippen LogP contribution in [-0.2, 0) is 10.0 Å². The standard InChI is InChI=1S/C13H13BrN2O3S/c1-8-5-10(6-9(2)13(8)14)16-20(18,19)11-3-4-12(17)15-7-11/h3-7,16H,1-2H3,(H,15,17). The highest BCUT2D eigenvalue weighted by atomic mass is 79.9. The molecule has 0 aliphatic heterocycles. The molecule has 0 unspecified atom stereocenters. The van der Waals surface area contributed by atoms with Crippen LogP contribution in [0.4, 0.5) is 5.69 Å². The van der Waals surface area contributed by atoms with Crippen LogP contribution in [0, 0.1) is 13.8 Å². The molecule has 1 aromatic carbocycles. The highest BCUT2D eigenvalue weighted by molar-refractivity contribution is 9.10. The summed E-state index contributed by atoms with van der Waals surface area (Å²) in [4.78, 5) is 13.3. The maximum atomic E-state index is 12.2. The third-order valence-electron chi connectivity index (χ3n) is 2.75. The highest BCUT2D eigenvalue weighted by Crippen LogP contribution is 2.26.